The molecule has 2 rings (SSSR count). The molecule has 15 heavy (non-hydrogen) atoms. The van der Waals surface area contributed by atoms with Gasteiger partial charge in [0, 0.05) is 6.04 Å². The van der Waals surface area contributed by atoms with Crippen LogP contribution in [0.5, 0.6) is 11.5 Å². The summed E-state index contributed by atoms with van der Waals surface area (Å²) in [7, 11) is 0. The molecule has 82 valence electrons. The lowest BCUT2D eigenvalue weighted by atomic mass is 10.1. The molecule has 0 spiro atoms. The van der Waals surface area contributed by atoms with Gasteiger partial charge in [-0.2, -0.15) is 0 Å². The largest absolute Gasteiger partial charge is 0.586 e. The lowest BCUT2D eigenvalue weighted by Crippen LogP contribution is -2.26. The third-order valence-corrected chi connectivity index (χ3v) is 2.05. The minimum absolute atomic E-state index is 0.0677. The van der Waals surface area contributed by atoms with E-state index < -0.39 is 6.29 Å². The van der Waals surface area contributed by atoms with Gasteiger partial charge in [0.15, 0.2) is 11.5 Å². The van der Waals surface area contributed by atoms with Crippen molar-refractivity contribution in [2.24, 2.45) is 5.73 Å². The quantitative estimate of drug-likeness (QED) is 0.819. The minimum atomic E-state index is -3.56. The Hall–Kier alpha value is -1.36. The Bertz CT molecular complexity index is 380. The molecule has 1 atom stereocenters. The molecule has 1 unspecified atom stereocenters. The van der Waals surface area contributed by atoms with Crippen molar-refractivity contribution in [3.63, 3.8) is 0 Å². The van der Waals surface area contributed by atoms with Gasteiger partial charge in [-0.3, -0.25) is 0 Å². The maximum absolute atomic E-state index is 12.8. The van der Waals surface area contributed by atoms with Gasteiger partial charge in [-0.05, 0) is 25.0 Å². The average Bonchev–Trinajstić information content (AvgIpc) is 2.39. The van der Waals surface area contributed by atoms with Crippen LogP contribution in [0.15, 0.2) is 18.2 Å². The summed E-state index contributed by atoms with van der Waals surface area (Å²) in [6, 6.07) is 4.67. The number of halogens is 2. The predicted molar refractivity (Wildman–Crippen MR) is 50.0 cm³/mol. The highest BCUT2D eigenvalue weighted by Gasteiger charge is 2.44. The maximum atomic E-state index is 12.8. The van der Waals surface area contributed by atoms with Gasteiger partial charge in [-0.15, -0.1) is 8.78 Å². The van der Waals surface area contributed by atoms with Crippen molar-refractivity contribution < 1.29 is 18.3 Å². The lowest BCUT2D eigenvalue weighted by Gasteiger charge is -2.08. The van der Waals surface area contributed by atoms with E-state index in [1.54, 1.807) is 19.1 Å². The first-order chi connectivity index (χ1) is 6.98. The molecule has 0 bridgehead atoms. The fraction of sp³-hybridized carbons (Fsp3) is 0.400. The molecule has 0 amide bonds. The maximum Gasteiger partial charge on any atom is 0.586 e. The second-order valence-electron chi connectivity index (χ2n) is 3.59. The van der Waals surface area contributed by atoms with E-state index >= 15 is 0 Å². The summed E-state index contributed by atoms with van der Waals surface area (Å²) >= 11 is 0. The third-order valence-electron chi connectivity index (χ3n) is 2.05. The normalized spacial score (nSPS) is 18.9. The van der Waals surface area contributed by atoms with Crippen molar-refractivity contribution >= 4 is 0 Å². The van der Waals surface area contributed by atoms with E-state index in [9.17, 15) is 8.78 Å². The van der Waals surface area contributed by atoms with Crippen LogP contribution in [-0.4, -0.2) is 12.3 Å². The Kier molecular flexibility index (Phi) is 2.26. The molecule has 0 radical (unpaired) electrons. The molecule has 1 aromatic rings. The first-order valence-corrected chi connectivity index (χ1v) is 4.61. The summed E-state index contributed by atoms with van der Waals surface area (Å²) in [5.74, 6) is 0.165. The van der Waals surface area contributed by atoms with Gasteiger partial charge in [-0.1, -0.05) is 12.1 Å². The molecule has 0 aromatic heterocycles. The minimum Gasteiger partial charge on any atom is -0.395 e. The van der Waals surface area contributed by atoms with Gasteiger partial charge in [0.2, 0.25) is 0 Å². The smallest absolute Gasteiger partial charge is 0.395 e. The van der Waals surface area contributed by atoms with E-state index in [2.05, 4.69) is 9.47 Å². The zero-order chi connectivity index (χ0) is 11.1. The van der Waals surface area contributed by atoms with Crippen LogP contribution in [0.25, 0.3) is 0 Å². The van der Waals surface area contributed by atoms with Gasteiger partial charge in [0.25, 0.3) is 0 Å². The number of benzene rings is 1. The standard InChI is InChI=1S/C10H11F2NO2/c1-6(13)5-7-3-2-4-8-9(7)15-10(11,12)14-8/h2-4,6H,5,13H2,1H3. The number of alkyl halides is 2. The fourth-order valence-corrected chi connectivity index (χ4v) is 1.53. The molecule has 1 aliphatic heterocycles. The Morgan fingerprint density at radius 1 is 1.40 bits per heavy atom. The molecule has 1 aromatic carbocycles. The van der Waals surface area contributed by atoms with E-state index in [1.165, 1.54) is 6.07 Å². The van der Waals surface area contributed by atoms with Crippen LogP contribution in [0.1, 0.15) is 12.5 Å². The van der Waals surface area contributed by atoms with Gasteiger partial charge in [0.1, 0.15) is 0 Å². The molecule has 2 N–H and O–H groups in total. The first kappa shape index (κ1) is 10.2. The highest BCUT2D eigenvalue weighted by molar-refractivity contribution is 5.49. The molecule has 0 saturated carbocycles. The Balaban J connectivity index is 2.33. The zero-order valence-electron chi connectivity index (χ0n) is 8.17. The second kappa shape index (κ2) is 3.34. The highest BCUT2D eigenvalue weighted by Crippen LogP contribution is 2.43. The zero-order valence-corrected chi connectivity index (χ0v) is 8.17. The monoisotopic (exact) mass is 215 g/mol. The Labute approximate surface area is 85.8 Å². The Morgan fingerprint density at radius 3 is 2.80 bits per heavy atom. The molecule has 5 heteroatoms. The fourth-order valence-electron chi connectivity index (χ4n) is 1.53. The van der Waals surface area contributed by atoms with Crippen molar-refractivity contribution in [3.8, 4) is 11.5 Å². The van der Waals surface area contributed by atoms with Crippen molar-refractivity contribution in [1.82, 2.24) is 0 Å². The number of ether oxygens (including phenoxy) is 2. The van der Waals surface area contributed by atoms with Crippen molar-refractivity contribution in [3.05, 3.63) is 23.8 Å². The number of hydrogen-bond acceptors (Lipinski definition) is 3. The van der Waals surface area contributed by atoms with Crippen molar-refractivity contribution in [1.29, 1.82) is 0 Å². The van der Waals surface area contributed by atoms with Crippen molar-refractivity contribution in [2.45, 2.75) is 25.7 Å². The molecular formula is C10H11F2NO2. The number of fused-ring (bicyclic) bond motifs is 1. The number of nitrogens with two attached hydrogens (primary N) is 1. The number of rotatable bonds is 2. The molecule has 0 fully saturated rings. The van der Waals surface area contributed by atoms with Gasteiger partial charge in [-0.25, -0.2) is 0 Å². The summed E-state index contributed by atoms with van der Waals surface area (Å²) in [5, 5.41) is 0. The average molecular weight is 215 g/mol. The van der Waals surface area contributed by atoms with Crippen LogP contribution in [0.4, 0.5) is 8.78 Å². The summed E-state index contributed by atoms with van der Waals surface area (Å²) < 4.78 is 34.3. The summed E-state index contributed by atoms with van der Waals surface area (Å²) in [4.78, 5) is 0. The number of hydrogen-bond donors (Lipinski definition) is 1. The topological polar surface area (TPSA) is 44.5 Å². The first-order valence-electron chi connectivity index (χ1n) is 4.61. The lowest BCUT2D eigenvalue weighted by molar-refractivity contribution is -0.286. The van der Waals surface area contributed by atoms with Crippen LogP contribution >= 0.6 is 0 Å². The van der Waals surface area contributed by atoms with E-state index in [4.69, 9.17) is 5.73 Å². The molecule has 1 aliphatic rings. The van der Waals surface area contributed by atoms with E-state index in [-0.39, 0.29) is 17.5 Å². The van der Waals surface area contributed by atoms with Crippen LogP contribution in [0.3, 0.4) is 0 Å². The summed E-state index contributed by atoms with van der Waals surface area (Å²) in [6.07, 6.45) is -3.08. The van der Waals surface area contributed by atoms with Crippen LogP contribution < -0.4 is 15.2 Å². The summed E-state index contributed by atoms with van der Waals surface area (Å²) in [6.45, 7) is 1.80. The van der Waals surface area contributed by atoms with E-state index in [0.717, 1.165) is 0 Å². The second-order valence-corrected chi connectivity index (χ2v) is 3.59. The van der Waals surface area contributed by atoms with Crippen LogP contribution in [0, 0.1) is 0 Å². The van der Waals surface area contributed by atoms with Gasteiger partial charge >= 0.3 is 6.29 Å². The van der Waals surface area contributed by atoms with Crippen LogP contribution in [0.2, 0.25) is 0 Å². The van der Waals surface area contributed by atoms with Gasteiger partial charge < -0.3 is 15.2 Å². The Morgan fingerprint density at radius 2 is 2.13 bits per heavy atom. The van der Waals surface area contributed by atoms with Gasteiger partial charge in [0.05, 0.1) is 0 Å². The number of para-hydroxylation sites is 1. The summed E-state index contributed by atoms with van der Waals surface area (Å²) in [5.41, 5.74) is 6.24. The predicted octanol–water partition coefficient (Wildman–Crippen LogP) is 1.90. The highest BCUT2D eigenvalue weighted by atomic mass is 19.3. The van der Waals surface area contributed by atoms with E-state index in [1.807, 2.05) is 0 Å². The van der Waals surface area contributed by atoms with Crippen LogP contribution in [-0.2, 0) is 6.42 Å². The molecular weight excluding hydrogens is 204 g/mol. The SMILES string of the molecule is CC(N)Cc1cccc2c1OC(F)(F)O2. The third kappa shape index (κ3) is 2.02. The molecule has 0 aliphatic carbocycles. The van der Waals surface area contributed by atoms with Crippen molar-refractivity contribution in [2.75, 3.05) is 0 Å². The molecule has 0 saturated heterocycles. The van der Waals surface area contributed by atoms with E-state index in [0.29, 0.717) is 12.0 Å². The molecule has 1 heterocycles. The molecule has 3 nitrogen and oxygen atoms in total.